The van der Waals surface area contributed by atoms with E-state index in [9.17, 15) is 15.0 Å². The summed E-state index contributed by atoms with van der Waals surface area (Å²) in [6, 6.07) is 14.4. The van der Waals surface area contributed by atoms with Crippen LogP contribution >= 0.6 is 0 Å². The van der Waals surface area contributed by atoms with Gasteiger partial charge in [0.2, 0.25) is 0 Å². The number of aliphatic hydroxyl groups is 2. The number of amides is 1. The van der Waals surface area contributed by atoms with Crippen LogP contribution in [-0.4, -0.2) is 33.9 Å². The average molecular weight is 370 g/mol. The van der Waals surface area contributed by atoms with Crippen LogP contribution in [0.5, 0.6) is 0 Å². The number of nitrogens with one attached hydrogen (secondary N) is 1. The molecule has 3 N–H and O–H groups in total. The van der Waals surface area contributed by atoms with Crippen LogP contribution in [0.4, 0.5) is 4.79 Å². The number of rotatable bonds is 7. The molecule has 0 saturated carbocycles. The third-order valence-corrected chi connectivity index (χ3v) is 4.15. The van der Waals surface area contributed by atoms with Crippen molar-refractivity contribution in [2.24, 2.45) is 0 Å². The van der Waals surface area contributed by atoms with Gasteiger partial charge in [0.05, 0.1) is 6.10 Å². The second kappa shape index (κ2) is 8.66. The fraction of sp³-hybridized carbons (Fsp3) is 0.300. The second-order valence-electron chi connectivity index (χ2n) is 6.25. The highest BCUT2D eigenvalue weighted by Gasteiger charge is 2.19. The summed E-state index contributed by atoms with van der Waals surface area (Å²) in [6.45, 7) is 2.10. The first-order valence-electron chi connectivity index (χ1n) is 8.70. The Labute approximate surface area is 156 Å². The largest absolute Gasteiger partial charge is 0.445 e. The van der Waals surface area contributed by atoms with E-state index in [0.717, 1.165) is 5.56 Å². The Morgan fingerprint density at radius 1 is 1.22 bits per heavy atom. The molecule has 3 aromatic rings. The van der Waals surface area contributed by atoms with Crippen molar-refractivity contribution in [2.45, 2.75) is 32.2 Å². The van der Waals surface area contributed by atoms with Gasteiger partial charge in [-0.15, -0.1) is 0 Å². The molecule has 1 aromatic heterocycles. The van der Waals surface area contributed by atoms with E-state index in [-0.39, 0.29) is 19.6 Å². The number of hydrogen-bond acceptors (Lipinski definition) is 6. The smallest absolute Gasteiger partial charge is 0.407 e. The number of nitrogens with zero attached hydrogens (tertiary/aromatic N) is 1. The van der Waals surface area contributed by atoms with E-state index in [1.807, 2.05) is 30.3 Å². The Morgan fingerprint density at radius 3 is 2.78 bits per heavy atom. The zero-order chi connectivity index (χ0) is 19.2. The van der Waals surface area contributed by atoms with Gasteiger partial charge in [-0.2, -0.15) is 0 Å². The van der Waals surface area contributed by atoms with Gasteiger partial charge in [0.1, 0.15) is 18.2 Å². The molecule has 27 heavy (non-hydrogen) atoms. The normalized spacial score (nSPS) is 13.3. The molecular formula is C20H22N2O5. The van der Waals surface area contributed by atoms with Crippen LogP contribution in [0.15, 0.2) is 52.9 Å². The van der Waals surface area contributed by atoms with Crippen molar-refractivity contribution in [1.29, 1.82) is 0 Å². The molecular weight excluding hydrogens is 348 g/mol. The summed E-state index contributed by atoms with van der Waals surface area (Å²) in [5, 5.41) is 23.1. The standard InChI is InChI=1S/C20H22N2O5/c1-13-22-16-11-15(7-8-18(16)27-13)19(24)17(23)9-10-21-20(25)26-12-14-5-3-2-4-6-14/h2-8,11,17,19,23-24H,9-10,12H2,1H3,(H,21,25). The summed E-state index contributed by atoms with van der Waals surface area (Å²) >= 11 is 0. The number of oxazole rings is 1. The van der Waals surface area contributed by atoms with Crippen LogP contribution in [0.2, 0.25) is 0 Å². The predicted molar refractivity (Wildman–Crippen MR) is 99.0 cm³/mol. The molecule has 0 spiro atoms. The number of carbonyl (C=O) groups is 1. The van der Waals surface area contributed by atoms with Crippen molar-refractivity contribution >= 4 is 17.2 Å². The molecule has 7 heteroatoms. The van der Waals surface area contributed by atoms with Crippen LogP contribution in [0, 0.1) is 6.92 Å². The lowest BCUT2D eigenvalue weighted by Gasteiger charge is -2.18. The predicted octanol–water partition coefficient (Wildman–Crippen LogP) is 2.85. The number of hydrogen-bond donors (Lipinski definition) is 3. The minimum Gasteiger partial charge on any atom is -0.445 e. The summed E-state index contributed by atoms with van der Waals surface area (Å²) in [4.78, 5) is 15.9. The number of aliphatic hydroxyl groups excluding tert-OH is 2. The highest BCUT2D eigenvalue weighted by Crippen LogP contribution is 2.24. The minimum absolute atomic E-state index is 0.176. The van der Waals surface area contributed by atoms with E-state index < -0.39 is 18.3 Å². The van der Waals surface area contributed by atoms with Crippen molar-refractivity contribution in [3.8, 4) is 0 Å². The zero-order valence-electron chi connectivity index (χ0n) is 15.0. The maximum absolute atomic E-state index is 11.7. The Balaban J connectivity index is 1.45. The van der Waals surface area contributed by atoms with E-state index in [2.05, 4.69) is 10.3 Å². The van der Waals surface area contributed by atoms with E-state index in [1.165, 1.54) is 0 Å². The van der Waals surface area contributed by atoms with Crippen LogP contribution in [0.25, 0.3) is 11.1 Å². The monoisotopic (exact) mass is 370 g/mol. The molecule has 2 unspecified atom stereocenters. The molecule has 142 valence electrons. The van der Waals surface area contributed by atoms with Crippen LogP contribution in [-0.2, 0) is 11.3 Å². The van der Waals surface area contributed by atoms with Crippen LogP contribution in [0.3, 0.4) is 0 Å². The fourth-order valence-corrected chi connectivity index (χ4v) is 2.72. The molecule has 2 atom stereocenters. The van der Waals surface area contributed by atoms with Crippen molar-refractivity contribution in [2.75, 3.05) is 6.54 Å². The number of benzene rings is 2. The maximum atomic E-state index is 11.7. The Bertz CT molecular complexity index is 894. The van der Waals surface area contributed by atoms with Gasteiger partial charge in [-0.05, 0) is 29.7 Å². The summed E-state index contributed by atoms with van der Waals surface area (Å²) in [5.41, 5.74) is 2.68. The Morgan fingerprint density at radius 2 is 2.00 bits per heavy atom. The third kappa shape index (κ3) is 5.06. The van der Waals surface area contributed by atoms with Crippen LogP contribution in [0.1, 0.15) is 29.5 Å². The highest BCUT2D eigenvalue weighted by atomic mass is 16.5. The topological polar surface area (TPSA) is 105 Å². The minimum atomic E-state index is -1.09. The molecule has 7 nitrogen and oxygen atoms in total. The molecule has 1 heterocycles. The van der Waals surface area contributed by atoms with Gasteiger partial charge in [0, 0.05) is 13.5 Å². The van der Waals surface area contributed by atoms with Crippen molar-refractivity contribution in [1.82, 2.24) is 10.3 Å². The van der Waals surface area contributed by atoms with Gasteiger partial charge in [-0.25, -0.2) is 9.78 Å². The number of aryl methyl sites for hydroxylation is 1. The fourth-order valence-electron chi connectivity index (χ4n) is 2.72. The maximum Gasteiger partial charge on any atom is 0.407 e. The third-order valence-electron chi connectivity index (χ3n) is 4.15. The molecule has 0 saturated heterocycles. The SMILES string of the molecule is Cc1nc2cc(C(O)C(O)CCNC(=O)OCc3ccccc3)ccc2o1. The van der Waals surface area contributed by atoms with Gasteiger partial charge in [0.25, 0.3) is 0 Å². The number of fused-ring (bicyclic) bond motifs is 1. The number of aromatic nitrogens is 1. The lowest BCUT2D eigenvalue weighted by Crippen LogP contribution is -2.29. The van der Waals surface area contributed by atoms with Gasteiger partial charge in [-0.3, -0.25) is 0 Å². The van der Waals surface area contributed by atoms with Gasteiger partial charge in [0.15, 0.2) is 11.5 Å². The van der Waals surface area contributed by atoms with E-state index >= 15 is 0 Å². The van der Waals surface area contributed by atoms with Crippen molar-refractivity contribution < 1.29 is 24.2 Å². The van der Waals surface area contributed by atoms with E-state index in [4.69, 9.17) is 9.15 Å². The first-order valence-corrected chi connectivity index (χ1v) is 8.70. The molecule has 2 aromatic carbocycles. The number of carbonyl (C=O) groups excluding carboxylic acids is 1. The molecule has 0 aliphatic rings. The van der Waals surface area contributed by atoms with E-state index in [1.54, 1.807) is 25.1 Å². The quantitative estimate of drug-likeness (QED) is 0.591. The molecule has 0 radical (unpaired) electrons. The number of alkyl carbamates (subject to hydrolysis) is 1. The molecule has 0 aliphatic carbocycles. The van der Waals surface area contributed by atoms with Crippen molar-refractivity contribution in [3.63, 3.8) is 0 Å². The lowest BCUT2D eigenvalue weighted by molar-refractivity contribution is 0.0137. The summed E-state index contributed by atoms with van der Waals surface area (Å²) in [7, 11) is 0. The summed E-state index contributed by atoms with van der Waals surface area (Å²) in [6.07, 6.45) is -2.52. The molecule has 0 aliphatic heterocycles. The zero-order valence-corrected chi connectivity index (χ0v) is 15.0. The van der Waals surface area contributed by atoms with Gasteiger partial charge < -0.3 is 24.7 Å². The van der Waals surface area contributed by atoms with Gasteiger partial charge >= 0.3 is 6.09 Å². The first kappa shape index (κ1) is 18.9. The Hall–Kier alpha value is -2.90. The molecule has 1 amide bonds. The Kier molecular flexibility index (Phi) is 6.05. The molecule has 0 bridgehead atoms. The summed E-state index contributed by atoms with van der Waals surface area (Å²) in [5.74, 6) is 0.537. The highest BCUT2D eigenvalue weighted by molar-refractivity contribution is 5.73. The molecule has 3 rings (SSSR count). The van der Waals surface area contributed by atoms with E-state index in [0.29, 0.717) is 22.6 Å². The first-order chi connectivity index (χ1) is 13.0. The van der Waals surface area contributed by atoms with Crippen LogP contribution < -0.4 is 5.32 Å². The van der Waals surface area contributed by atoms with Crippen molar-refractivity contribution in [3.05, 3.63) is 65.5 Å². The average Bonchev–Trinajstić information content (AvgIpc) is 3.05. The van der Waals surface area contributed by atoms with Gasteiger partial charge in [-0.1, -0.05) is 36.4 Å². The number of ether oxygens (including phenoxy) is 1. The lowest BCUT2D eigenvalue weighted by atomic mass is 10.0. The molecule has 0 fully saturated rings. The summed E-state index contributed by atoms with van der Waals surface area (Å²) < 4.78 is 10.5. The second-order valence-corrected chi connectivity index (χ2v) is 6.25.